The number of rotatable bonds is 47. The fraction of sp³-hybridized carbons (Fsp3) is 0.850. The zero-order chi connectivity index (χ0) is 53.9. The summed E-state index contributed by atoms with van der Waals surface area (Å²) in [6.45, 7) is 2.72. The summed E-state index contributed by atoms with van der Waals surface area (Å²) < 4.78 is 22.8. The maximum absolute atomic E-state index is 13.2. The standard InChI is InChI=1S/C60H109NO13/c1-3-5-7-9-11-13-14-15-16-17-18-19-20-21-22-23-24-25-26-27-28-29-30-31-32-33-34-36-38-40-42-44-52(65)61-48(49(64)43-41-39-37-35-12-10-8-6-4-2)47-71-59-57(70)55(68)58(51(46-63)73-59)74-60-56(69)54(67)53(66)50(45-62)72-60/h5,7,11,13,15-16,18-19,48-51,53-60,62-64,66-70H,3-4,6,8-10,12,14,17,20-47H2,1-2H3,(H,61,65)/b7-5-,13-11-,16-15-,19-18-. The Morgan fingerprint density at radius 1 is 0.500 bits per heavy atom. The van der Waals surface area contributed by atoms with Gasteiger partial charge in [-0.05, 0) is 51.4 Å². The van der Waals surface area contributed by atoms with E-state index in [1.807, 2.05) is 0 Å². The largest absolute Gasteiger partial charge is 0.394 e. The molecule has 0 bridgehead atoms. The molecular formula is C60H109NO13. The Hall–Kier alpha value is -2.05. The van der Waals surface area contributed by atoms with Crippen molar-refractivity contribution in [2.24, 2.45) is 0 Å². The fourth-order valence-electron chi connectivity index (χ4n) is 9.76. The van der Waals surface area contributed by atoms with Gasteiger partial charge in [-0.15, -0.1) is 0 Å². The van der Waals surface area contributed by atoms with Crippen molar-refractivity contribution in [2.45, 2.75) is 306 Å². The number of allylic oxidation sites excluding steroid dienone is 8. The van der Waals surface area contributed by atoms with Gasteiger partial charge in [0.15, 0.2) is 12.6 Å². The lowest BCUT2D eigenvalue weighted by molar-refractivity contribution is -0.359. The number of hydrogen-bond donors (Lipinski definition) is 9. The summed E-state index contributed by atoms with van der Waals surface area (Å²) in [5.41, 5.74) is 0. The summed E-state index contributed by atoms with van der Waals surface area (Å²) in [6, 6.07) is -0.826. The Bertz CT molecular complexity index is 1430. The number of unbranched alkanes of at least 4 members (excludes halogenated alkanes) is 26. The molecule has 432 valence electrons. The minimum absolute atomic E-state index is 0.208. The lowest BCUT2D eigenvalue weighted by Gasteiger charge is -2.46. The van der Waals surface area contributed by atoms with Crippen LogP contribution in [0.1, 0.15) is 232 Å². The van der Waals surface area contributed by atoms with Crippen LogP contribution in [0.15, 0.2) is 48.6 Å². The molecule has 2 fully saturated rings. The molecule has 0 aromatic rings. The molecule has 2 rings (SSSR count). The van der Waals surface area contributed by atoms with E-state index in [0.717, 1.165) is 77.0 Å². The predicted octanol–water partition coefficient (Wildman–Crippen LogP) is 10.0. The van der Waals surface area contributed by atoms with Crippen molar-refractivity contribution in [1.29, 1.82) is 0 Å². The first-order valence-corrected chi connectivity index (χ1v) is 29.9. The maximum Gasteiger partial charge on any atom is 0.220 e. The fourth-order valence-corrected chi connectivity index (χ4v) is 9.76. The third-order valence-electron chi connectivity index (χ3n) is 14.6. The van der Waals surface area contributed by atoms with Gasteiger partial charge in [0.2, 0.25) is 5.91 Å². The van der Waals surface area contributed by atoms with Gasteiger partial charge in [0.05, 0.1) is 32.0 Å². The number of carbonyl (C=O) groups excluding carboxylic acids is 1. The van der Waals surface area contributed by atoms with Crippen LogP contribution in [0.5, 0.6) is 0 Å². The molecule has 1 amide bonds. The SMILES string of the molecule is CC/C=C\C/C=C\C/C=C\C/C=C\CCCCCCCCCCCCCCCCCCCCC(=O)NC(COC1OC(CO)C(OC2OC(CO)C(O)C(O)C2O)C(O)C1O)C(O)CCCCCCCCCCC. The Balaban J connectivity index is 1.61. The van der Waals surface area contributed by atoms with Crippen molar-refractivity contribution in [3.63, 3.8) is 0 Å². The van der Waals surface area contributed by atoms with Crippen molar-refractivity contribution in [3.8, 4) is 0 Å². The van der Waals surface area contributed by atoms with Crippen LogP contribution in [0.3, 0.4) is 0 Å². The third-order valence-corrected chi connectivity index (χ3v) is 14.6. The molecule has 12 unspecified atom stereocenters. The number of nitrogens with one attached hydrogen (secondary N) is 1. The molecule has 14 heteroatoms. The Kier molecular flexibility index (Phi) is 42.2. The van der Waals surface area contributed by atoms with E-state index >= 15 is 0 Å². The zero-order valence-electron chi connectivity index (χ0n) is 46.3. The van der Waals surface area contributed by atoms with E-state index < -0.39 is 86.8 Å². The molecule has 0 aromatic carbocycles. The predicted molar refractivity (Wildman–Crippen MR) is 295 cm³/mol. The van der Waals surface area contributed by atoms with Crippen LogP contribution < -0.4 is 5.32 Å². The molecule has 2 aliphatic rings. The maximum atomic E-state index is 13.2. The number of carbonyl (C=O) groups is 1. The van der Waals surface area contributed by atoms with Crippen molar-refractivity contribution in [1.82, 2.24) is 5.32 Å². The molecule has 2 saturated heterocycles. The normalized spacial score (nSPS) is 25.5. The van der Waals surface area contributed by atoms with Gasteiger partial charge < -0.3 is 65.1 Å². The second kappa shape index (κ2) is 45.9. The van der Waals surface area contributed by atoms with E-state index in [2.05, 4.69) is 67.8 Å². The van der Waals surface area contributed by atoms with Crippen LogP contribution in [0.2, 0.25) is 0 Å². The van der Waals surface area contributed by atoms with Crippen molar-refractivity contribution < 1.29 is 64.6 Å². The van der Waals surface area contributed by atoms with E-state index in [4.69, 9.17) is 18.9 Å². The summed E-state index contributed by atoms with van der Waals surface area (Å²) in [5, 5.41) is 86.9. The van der Waals surface area contributed by atoms with E-state index in [9.17, 15) is 45.6 Å². The molecule has 0 saturated carbocycles. The monoisotopic (exact) mass is 1050 g/mol. The van der Waals surface area contributed by atoms with Gasteiger partial charge in [-0.3, -0.25) is 4.79 Å². The quantitative estimate of drug-likeness (QED) is 0.0205. The number of ether oxygens (including phenoxy) is 4. The highest BCUT2D eigenvalue weighted by atomic mass is 16.7. The van der Waals surface area contributed by atoms with Crippen molar-refractivity contribution in [3.05, 3.63) is 48.6 Å². The zero-order valence-corrected chi connectivity index (χ0v) is 46.3. The first-order chi connectivity index (χ1) is 36.1. The summed E-state index contributed by atoms with van der Waals surface area (Å²) in [7, 11) is 0. The van der Waals surface area contributed by atoms with Crippen LogP contribution in [-0.4, -0.2) is 140 Å². The molecule has 74 heavy (non-hydrogen) atoms. The lowest BCUT2D eigenvalue weighted by Crippen LogP contribution is -2.65. The molecule has 2 heterocycles. The average molecular weight is 1050 g/mol. The molecule has 14 nitrogen and oxygen atoms in total. The van der Waals surface area contributed by atoms with Crippen LogP contribution in [0.25, 0.3) is 0 Å². The summed E-state index contributed by atoms with van der Waals surface area (Å²) in [4.78, 5) is 13.2. The van der Waals surface area contributed by atoms with Crippen LogP contribution in [0, 0.1) is 0 Å². The Morgan fingerprint density at radius 2 is 0.932 bits per heavy atom. The van der Waals surface area contributed by atoms with Gasteiger partial charge in [-0.1, -0.05) is 223 Å². The first kappa shape index (κ1) is 68.1. The molecular weight excluding hydrogens is 943 g/mol. The van der Waals surface area contributed by atoms with E-state index in [1.165, 1.54) is 128 Å². The minimum atomic E-state index is -1.78. The molecule has 12 atom stereocenters. The summed E-state index contributed by atoms with van der Waals surface area (Å²) in [6.07, 6.45) is 40.0. The number of aliphatic hydroxyl groups is 8. The van der Waals surface area contributed by atoms with E-state index in [-0.39, 0.29) is 12.5 Å². The van der Waals surface area contributed by atoms with Gasteiger partial charge in [0.1, 0.15) is 48.8 Å². The van der Waals surface area contributed by atoms with Crippen LogP contribution in [-0.2, 0) is 23.7 Å². The van der Waals surface area contributed by atoms with Gasteiger partial charge >= 0.3 is 0 Å². The van der Waals surface area contributed by atoms with Gasteiger partial charge in [0, 0.05) is 6.42 Å². The number of hydrogen-bond acceptors (Lipinski definition) is 13. The third kappa shape index (κ3) is 31.4. The van der Waals surface area contributed by atoms with Gasteiger partial charge in [0.25, 0.3) is 0 Å². The van der Waals surface area contributed by atoms with Gasteiger partial charge in [-0.25, -0.2) is 0 Å². The molecule has 0 radical (unpaired) electrons. The molecule has 0 spiro atoms. The lowest BCUT2D eigenvalue weighted by atomic mass is 9.97. The van der Waals surface area contributed by atoms with E-state index in [0.29, 0.717) is 12.8 Å². The summed E-state index contributed by atoms with van der Waals surface area (Å²) in [5.74, 6) is -0.208. The minimum Gasteiger partial charge on any atom is -0.394 e. The summed E-state index contributed by atoms with van der Waals surface area (Å²) >= 11 is 0. The molecule has 9 N–H and O–H groups in total. The van der Waals surface area contributed by atoms with Crippen molar-refractivity contribution >= 4 is 5.91 Å². The second-order valence-electron chi connectivity index (χ2n) is 21.1. The van der Waals surface area contributed by atoms with Gasteiger partial charge in [-0.2, -0.15) is 0 Å². The Labute approximate surface area is 448 Å². The van der Waals surface area contributed by atoms with Crippen molar-refractivity contribution in [2.75, 3.05) is 19.8 Å². The van der Waals surface area contributed by atoms with E-state index in [1.54, 1.807) is 0 Å². The Morgan fingerprint density at radius 3 is 1.43 bits per heavy atom. The average Bonchev–Trinajstić information content (AvgIpc) is 3.40. The molecule has 2 aliphatic heterocycles. The highest BCUT2D eigenvalue weighted by molar-refractivity contribution is 5.76. The first-order valence-electron chi connectivity index (χ1n) is 29.9. The van der Waals surface area contributed by atoms with Crippen LogP contribution in [0.4, 0.5) is 0 Å². The molecule has 0 aromatic heterocycles. The number of aliphatic hydroxyl groups excluding tert-OH is 8. The second-order valence-corrected chi connectivity index (χ2v) is 21.1. The highest BCUT2D eigenvalue weighted by Crippen LogP contribution is 2.30. The number of amides is 1. The molecule has 0 aliphatic carbocycles. The smallest absolute Gasteiger partial charge is 0.220 e. The van der Waals surface area contributed by atoms with Crippen LogP contribution >= 0.6 is 0 Å². The highest BCUT2D eigenvalue weighted by Gasteiger charge is 2.51. The topological polar surface area (TPSA) is 228 Å².